The van der Waals surface area contributed by atoms with Gasteiger partial charge in [0.1, 0.15) is 5.54 Å². The predicted molar refractivity (Wildman–Crippen MR) is 73.4 cm³/mol. The average Bonchev–Trinajstić information content (AvgIpc) is 2.31. The van der Waals surface area contributed by atoms with Gasteiger partial charge in [0.2, 0.25) is 11.8 Å². The van der Waals surface area contributed by atoms with E-state index in [0.29, 0.717) is 6.54 Å². The van der Waals surface area contributed by atoms with E-state index in [1.807, 2.05) is 0 Å². The monoisotopic (exact) mass is 299 g/mol. The molecule has 0 aliphatic carbocycles. The number of carbonyl (C=O) groups excluding carboxylic acids is 3. The van der Waals surface area contributed by atoms with Crippen molar-refractivity contribution in [3.8, 4) is 0 Å². The summed E-state index contributed by atoms with van der Waals surface area (Å²) in [5.74, 6) is -2.11. The van der Waals surface area contributed by atoms with Crippen LogP contribution >= 0.6 is 0 Å². The van der Waals surface area contributed by atoms with Gasteiger partial charge in [-0.25, -0.2) is 4.79 Å². The number of carboxylic acids is 1. The highest BCUT2D eigenvalue weighted by molar-refractivity contribution is 5.99. The van der Waals surface area contributed by atoms with Crippen LogP contribution in [0.4, 0.5) is 4.79 Å². The van der Waals surface area contributed by atoms with E-state index in [-0.39, 0.29) is 18.9 Å². The molecule has 4 amide bonds. The van der Waals surface area contributed by atoms with Crippen LogP contribution in [0, 0.1) is 5.41 Å². The van der Waals surface area contributed by atoms with Crippen molar-refractivity contribution in [3.05, 3.63) is 0 Å². The molecule has 0 radical (unpaired) electrons. The van der Waals surface area contributed by atoms with Gasteiger partial charge < -0.3 is 15.3 Å². The fraction of sp³-hybridized carbons (Fsp3) is 0.692. The van der Waals surface area contributed by atoms with E-state index in [9.17, 15) is 19.2 Å². The van der Waals surface area contributed by atoms with E-state index < -0.39 is 28.9 Å². The molecule has 1 saturated heterocycles. The van der Waals surface area contributed by atoms with Gasteiger partial charge in [-0.3, -0.25) is 19.7 Å². The molecule has 118 valence electrons. The number of nitrogens with zero attached hydrogens (tertiary/aromatic N) is 1. The van der Waals surface area contributed by atoms with E-state index in [2.05, 4.69) is 10.6 Å². The molecule has 0 bridgehead atoms. The molecule has 3 N–H and O–H groups in total. The average molecular weight is 299 g/mol. The number of hydrogen-bond donors (Lipinski definition) is 3. The second-order valence-electron chi connectivity index (χ2n) is 6.19. The molecule has 8 heteroatoms. The summed E-state index contributed by atoms with van der Waals surface area (Å²) in [5, 5.41) is 13.7. The molecule has 1 fully saturated rings. The maximum Gasteiger partial charge on any atom is 0.324 e. The van der Waals surface area contributed by atoms with E-state index in [1.54, 1.807) is 13.8 Å². The SMILES string of the molecule is CC(C)(CC(=O)NC(=O)N1CCNC(=O)C1(C)C)C(=O)O. The lowest BCUT2D eigenvalue weighted by Gasteiger charge is -2.40. The number of piperazine rings is 1. The highest BCUT2D eigenvalue weighted by atomic mass is 16.4. The van der Waals surface area contributed by atoms with Crippen LogP contribution in [-0.2, 0) is 14.4 Å². The van der Waals surface area contributed by atoms with Crippen molar-refractivity contribution in [1.29, 1.82) is 0 Å². The first-order chi connectivity index (χ1) is 9.48. The van der Waals surface area contributed by atoms with Crippen LogP contribution in [0.3, 0.4) is 0 Å². The molecule has 0 aromatic heterocycles. The summed E-state index contributed by atoms with van der Waals surface area (Å²) < 4.78 is 0. The number of urea groups is 1. The minimum atomic E-state index is -1.26. The Labute approximate surface area is 122 Å². The Bertz CT molecular complexity index is 484. The number of amides is 4. The van der Waals surface area contributed by atoms with Crippen molar-refractivity contribution in [1.82, 2.24) is 15.5 Å². The zero-order valence-electron chi connectivity index (χ0n) is 12.6. The number of rotatable bonds is 3. The van der Waals surface area contributed by atoms with Gasteiger partial charge in [-0.15, -0.1) is 0 Å². The first kappa shape index (κ1) is 16.9. The van der Waals surface area contributed by atoms with E-state index in [1.165, 1.54) is 18.7 Å². The van der Waals surface area contributed by atoms with Gasteiger partial charge in [-0.2, -0.15) is 0 Å². The zero-order valence-corrected chi connectivity index (χ0v) is 12.6. The standard InChI is InChI=1S/C13H21N3O5/c1-12(2,10(19)20)7-8(17)15-11(21)16-6-5-14-9(18)13(16,3)4/h5-7H2,1-4H3,(H,14,18)(H,19,20)(H,15,17,21). The van der Waals surface area contributed by atoms with E-state index in [0.717, 1.165) is 0 Å². The molecule has 0 saturated carbocycles. The Hall–Kier alpha value is -2.12. The third kappa shape index (κ3) is 3.71. The molecular formula is C13H21N3O5. The van der Waals surface area contributed by atoms with Gasteiger partial charge in [-0.1, -0.05) is 0 Å². The number of carbonyl (C=O) groups is 4. The molecule has 1 aliphatic heterocycles. The number of nitrogens with one attached hydrogen (secondary N) is 2. The van der Waals surface area contributed by atoms with Gasteiger partial charge in [0.05, 0.1) is 5.41 Å². The van der Waals surface area contributed by atoms with Crippen molar-refractivity contribution >= 4 is 23.8 Å². The first-order valence-electron chi connectivity index (χ1n) is 6.61. The summed E-state index contributed by atoms with van der Waals surface area (Å²) in [6, 6.07) is -0.693. The maximum atomic E-state index is 12.1. The number of aliphatic carboxylic acids is 1. The molecule has 1 heterocycles. The first-order valence-corrected chi connectivity index (χ1v) is 6.61. The maximum absolute atomic E-state index is 12.1. The summed E-state index contributed by atoms with van der Waals surface area (Å²) in [7, 11) is 0. The normalized spacial score (nSPS) is 17.9. The second kappa shape index (κ2) is 5.71. The lowest BCUT2D eigenvalue weighted by Crippen LogP contribution is -2.65. The molecule has 0 aromatic rings. The Morgan fingerprint density at radius 1 is 1.38 bits per heavy atom. The highest BCUT2D eigenvalue weighted by Crippen LogP contribution is 2.21. The van der Waals surface area contributed by atoms with Gasteiger partial charge >= 0.3 is 12.0 Å². The van der Waals surface area contributed by atoms with Crippen LogP contribution in [0.2, 0.25) is 0 Å². The smallest absolute Gasteiger partial charge is 0.324 e. The molecule has 0 atom stereocenters. The fourth-order valence-corrected chi connectivity index (χ4v) is 1.96. The molecule has 1 rings (SSSR count). The lowest BCUT2D eigenvalue weighted by molar-refractivity contribution is -0.149. The van der Waals surface area contributed by atoms with Gasteiger partial charge in [-0.05, 0) is 27.7 Å². The van der Waals surface area contributed by atoms with Gasteiger partial charge in [0, 0.05) is 19.5 Å². The Balaban J connectivity index is 2.71. The Morgan fingerprint density at radius 3 is 2.48 bits per heavy atom. The summed E-state index contributed by atoms with van der Waals surface area (Å²) >= 11 is 0. The Morgan fingerprint density at radius 2 is 1.95 bits per heavy atom. The number of carboxylic acid groups (broad SMARTS) is 1. The van der Waals surface area contributed by atoms with Crippen molar-refractivity contribution in [2.45, 2.75) is 39.7 Å². The molecular weight excluding hydrogens is 278 g/mol. The van der Waals surface area contributed by atoms with E-state index in [4.69, 9.17) is 5.11 Å². The summed E-state index contributed by atoms with van der Waals surface area (Å²) in [6.07, 6.45) is -0.325. The largest absolute Gasteiger partial charge is 0.481 e. The quantitative estimate of drug-likeness (QED) is 0.675. The van der Waals surface area contributed by atoms with Crippen molar-refractivity contribution in [3.63, 3.8) is 0 Å². The summed E-state index contributed by atoms with van der Waals surface area (Å²) in [6.45, 7) is 6.54. The van der Waals surface area contributed by atoms with Crippen LogP contribution in [0.15, 0.2) is 0 Å². The molecule has 0 spiro atoms. The van der Waals surface area contributed by atoms with Crippen molar-refractivity contribution in [2.75, 3.05) is 13.1 Å². The van der Waals surface area contributed by atoms with Crippen molar-refractivity contribution in [2.24, 2.45) is 5.41 Å². The second-order valence-corrected chi connectivity index (χ2v) is 6.19. The third-order valence-corrected chi connectivity index (χ3v) is 3.52. The highest BCUT2D eigenvalue weighted by Gasteiger charge is 2.41. The lowest BCUT2D eigenvalue weighted by atomic mass is 9.89. The fourth-order valence-electron chi connectivity index (χ4n) is 1.96. The minimum Gasteiger partial charge on any atom is -0.481 e. The predicted octanol–water partition coefficient (Wildman–Crippen LogP) is -0.0661. The summed E-state index contributed by atoms with van der Waals surface area (Å²) in [5.41, 5.74) is -2.33. The third-order valence-electron chi connectivity index (χ3n) is 3.52. The molecule has 8 nitrogen and oxygen atoms in total. The topological polar surface area (TPSA) is 116 Å². The molecule has 0 aromatic carbocycles. The molecule has 21 heavy (non-hydrogen) atoms. The van der Waals surface area contributed by atoms with Crippen LogP contribution in [-0.4, -0.2) is 52.4 Å². The minimum absolute atomic E-state index is 0.278. The van der Waals surface area contributed by atoms with Crippen LogP contribution in [0.1, 0.15) is 34.1 Å². The van der Waals surface area contributed by atoms with E-state index >= 15 is 0 Å². The van der Waals surface area contributed by atoms with Crippen LogP contribution in [0.25, 0.3) is 0 Å². The number of imide groups is 1. The van der Waals surface area contributed by atoms with Gasteiger partial charge in [0.25, 0.3) is 0 Å². The zero-order chi connectivity index (χ0) is 16.4. The number of hydrogen-bond acceptors (Lipinski definition) is 4. The van der Waals surface area contributed by atoms with Crippen LogP contribution in [0.5, 0.6) is 0 Å². The Kier molecular flexibility index (Phi) is 4.60. The van der Waals surface area contributed by atoms with Gasteiger partial charge in [0.15, 0.2) is 0 Å². The van der Waals surface area contributed by atoms with Crippen molar-refractivity contribution < 1.29 is 24.3 Å². The van der Waals surface area contributed by atoms with Crippen LogP contribution < -0.4 is 10.6 Å². The summed E-state index contributed by atoms with van der Waals surface area (Å²) in [4.78, 5) is 47.8. The molecule has 0 unspecified atom stereocenters. The molecule has 1 aliphatic rings.